The van der Waals surface area contributed by atoms with Gasteiger partial charge in [0.2, 0.25) is 0 Å². The van der Waals surface area contributed by atoms with Gasteiger partial charge < -0.3 is 5.11 Å². The number of carbonyl (C=O) groups is 1. The van der Waals surface area contributed by atoms with Crippen molar-refractivity contribution in [2.45, 2.75) is 6.92 Å². The van der Waals surface area contributed by atoms with E-state index in [4.69, 9.17) is 9.90 Å². The van der Waals surface area contributed by atoms with Gasteiger partial charge in [0.05, 0.1) is 0 Å². The first kappa shape index (κ1) is 24.9. The van der Waals surface area contributed by atoms with Gasteiger partial charge in [0.25, 0.3) is 5.97 Å². The first-order chi connectivity index (χ1) is 1.73. The number of hydrogen-bond donors (Lipinski definition) is 1. The van der Waals surface area contributed by atoms with E-state index in [1.807, 2.05) is 0 Å². The Kier molecular flexibility index (Phi) is 56.3. The molecule has 0 heterocycles. The lowest BCUT2D eigenvalue weighted by Gasteiger charge is -1.59. The van der Waals surface area contributed by atoms with E-state index in [0.29, 0.717) is 0 Å². The van der Waals surface area contributed by atoms with Crippen LogP contribution in [-0.2, 0) is 4.79 Å². The molecule has 0 amide bonds. The van der Waals surface area contributed by atoms with Crippen LogP contribution in [0.5, 0.6) is 0 Å². The van der Waals surface area contributed by atoms with Crippen LogP contribution in [0.2, 0.25) is 0 Å². The van der Waals surface area contributed by atoms with Crippen molar-refractivity contribution in [3.63, 3.8) is 0 Å². The first-order valence-electron chi connectivity index (χ1n) is 0.928. The second kappa shape index (κ2) is 15.8. The number of carboxylic acid groups (broad SMARTS) is 1. The van der Waals surface area contributed by atoms with Crippen LogP contribution in [-0.4, -0.2) is 45.8 Å². The molecule has 7 heavy (non-hydrogen) atoms. The van der Waals surface area contributed by atoms with E-state index in [9.17, 15) is 0 Å². The number of rotatable bonds is 0. The summed E-state index contributed by atoms with van der Waals surface area (Å²) >= 11 is 0. The third-order valence-corrected chi connectivity index (χ3v) is 0. The highest BCUT2D eigenvalue weighted by atomic mass is 35.5. The largest absolute Gasteiger partial charge is 0.481 e. The highest BCUT2D eigenvalue weighted by Crippen LogP contribution is 1.42. The zero-order valence-electron chi connectivity index (χ0n) is 2.76. The Bertz CT molecular complexity index is 36.7. The fourth-order valence-corrected chi connectivity index (χ4v) is 0. The molecule has 0 aromatic heterocycles. The van der Waals surface area contributed by atoms with Gasteiger partial charge >= 0.3 is 0 Å². The highest BCUT2D eigenvalue weighted by Gasteiger charge is 1.65. The molecule has 0 atom stereocenters. The summed E-state index contributed by atoms with van der Waals surface area (Å²) in [6, 6.07) is 0. The van der Waals surface area contributed by atoms with Crippen molar-refractivity contribution in [2.75, 3.05) is 0 Å². The molecule has 0 aliphatic rings. The Labute approximate surface area is 70.0 Å². The van der Waals surface area contributed by atoms with E-state index in [2.05, 4.69) is 0 Å². The molecular weight excluding hydrogens is 145 g/mol. The summed E-state index contributed by atoms with van der Waals surface area (Å²) in [4.78, 5) is 9.00. The van der Waals surface area contributed by atoms with Crippen LogP contribution in [0.15, 0.2) is 0 Å². The SMILES string of the molecule is CC(=O)O.Cl.[AlH3].[AlH3]. The van der Waals surface area contributed by atoms with E-state index < -0.39 is 5.97 Å². The summed E-state index contributed by atoms with van der Waals surface area (Å²) in [6.07, 6.45) is 0. The number of aliphatic carboxylic acids is 1. The fourth-order valence-electron chi connectivity index (χ4n) is 0. The summed E-state index contributed by atoms with van der Waals surface area (Å²) < 4.78 is 0. The monoisotopic (exact) mass is 156 g/mol. The lowest BCUT2D eigenvalue weighted by molar-refractivity contribution is -0.134. The standard InChI is InChI=1S/C2H4O2.2Al.ClH.6H/c1-2(3)4;;;;;;;;;/h1H3,(H,3,4);;;1H;;;;;;. The highest BCUT2D eigenvalue weighted by molar-refractivity contribution is 5.85. The van der Waals surface area contributed by atoms with Gasteiger partial charge in [-0.25, -0.2) is 0 Å². The first-order valence-corrected chi connectivity index (χ1v) is 0.928. The average Bonchev–Trinajstić information content (AvgIpc) is 0.811. The molecule has 0 unspecified atom stereocenters. The maximum atomic E-state index is 9.00. The molecule has 0 aromatic carbocycles. The van der Waals surface area contributed by atoms with Crippen molar-refractivity contribution in [3.05, 3.63) is 0 Å². The number of halogens is 1. The molecule has 0 aliphatic carbocycles. The second-order valence-electron chi connectivity index (χ2n) is 0.519. The molecule has 0 fully saturated rings. The topological polar surface area (TPSA) is 37.3 Å². The van der Waals surface area contributed by atoms with Gasteiger partial charge in [-0.3, -0.25) is 4.79 Å². The minimum absolute atomic E-state index is 0. The predicted molar refractivity (Wildman–Crippen MR) is 40.4 cm³/mol. The van der Waals surface area contributed by atoms with Crippen molar-refractivity contribution in [3.8, 4) is 0 Å². The second-order valence-corrected chi connectivity index (χ2v) is 0.519. The maximum absolute atomic E-state index is 9.00. The molecule has 2 nitrogen and oxygen atoms in total. The summed E-state index contributed by atoms with van der Waals surface area (Å²) in [5.74, 6) is -0.833. The van der Waals surface area contributed by atoms with Gasteiger partial charge in [0.15, 0.2) is 34.7 Å². The van der Waals surface area contributed by atoms with Crippen LogP contribution in [0.3, 0.4) is 0 Å². The molecule has 0 rings (SSSR count). The Hall–Kier alpha value is 0.825. The van der Waals surface area contributed by atoms with Crippen molar-refractivity contribution in [1.29, 1.82) is 0 Å². The van der Waals surface area contributed by atoms with Crippen LogP contribution in [0, 0.1) is 0 Å². The zero-order chi connectivity index (χ0) is 3.58. The molecule has 0 aromatic rings. The minimum atomic E-state index is -0.833. The molecular formula is C2H11Al2ClO2. The van der Waals surface area contributed by atoms with Gasteiger partial charge in [0, 0.05) is 6.92 Å². The summed E-state index contributed by atoms with van der Waals surface area (Å²) in [7, 11) is 0. The molecule has 1 N–H and O–H groups in total. The van der Waals surface area contributed by atoms with Crippen LogP contribution in [0.1, 0.15) is 6.92 Å². The van der Waals surface area contributed by atoms with Gasteiger partial charge in [-0.2, -0.15) is 0 Å². The molecule has 0 saturated carbocycles. The molecule has 5 heteroatoms. The van der Waals surface area contributed by atoms with Gasteiger partial charge in [0.1, 0.15) is 0 Å². The van der Waals surface area contributed by atoms with Crippen molar-refractivity contribution >= 4 is 53.1 Å². The summed E-state index contributed by atoms with van der Waals surface area (Å²) in [5, 5.41) is 7.42. The van der Waals surface area contributed by atoms with Gasteiger partial charge in [-0.1, -0.05) is 0 Å². The normalized spacial score (nSPS) is 3.57. The Morgan fingerprint density at radius 2 is 1.43 bits per heavy atom. The fraction of sp³-hybridized carbons (Fsp3) is 0.500. The smallest absolute Gasteiger partial charge is 0.300 e. The van der Waals surface area contributed by atoms with E-state index in [1.165, 1.54) is 0 Å². The van der Waals surface area contributed by atoms with Crippen molar-refractivity contribution in [2.24, 2.45) is 0 Å². The Morgan fingerprint density at radius 3 is 1.43 bits per heavy atom. The third kappa shape index (κ3) is 233. The van der Waals surface area contributed by atoms with Crippen molar-refractivity contribution < 1.29 is 9.90 Å². The quantitative estimate of drug-likeness (QED) is 0.418. The molecule has 0 spiro atoms. The van der Waals surface area contributed by atoms with Gasteiger partial charge in [-0.05, 0) is 0 Å². The molecule has 0 aliphatic heterocycles. The summed E-state index contributed by atoms with van der Waals surface area (Å²) in [5.41, 5.74) is 0. The van der Waals surface area contributed by atoms with Crippen LogP contribution in [0.4, 0.5) is 0 Å². The maximum Gasteiger partial charge on any atom is 0.300 e. The van der Waals surface area contributed by atoms with E-state index in [-0.39, 0.29) is 47.1 Å². The number of carboxylic acids is 1. The van der Waals surface area contributed by atoms with Crippen LogP contribution in [0.25, 0.3) is 0 Å². The average molecular weight is 157 g/mol. The van der Waals surface area contributed by atoms with E-state index in [0.717, 1.165) is 6.92 Å². The lowest BCUT2D eigenvalue weighted by Crippen LogP contribution is -1.78. The molecule has 0 radical (unpaired) electrons. The molecule has 44 valence electrons. The van der Waals surface area contributed by atoms with Gasteiger partial charge in [-0.15, -0.1) is 12.4 Å². The van der Waals surface area contributed by atoms with Crippen molar-refractivity contribution in [1.82, 2.24) is 0 Å². The molecule has 0 bridgehead atoms. The Balaban J connectivity index is -0.0000000150. The Morgan fingerprint density at radius 1 is 1.43 bits per heavy atom. The number of hydrogen-bond acceptors (Lipinski definition) is 1. The zero-order valence-corrected chi connectivity index (χ0v) is 3.58. The lowest BCUT2D eigenvalue weighted by atomic mass is 10.9. The summed E-state index contributed by atoms with van der Waals surface area (Å²) in [6.45, 7) is 1.08. The van der Waals surface area contributed by atoms with E-state index in [1.54, 1.807) is 0 Å². The third-order valence-electron chi connectivity index (χ3n) is 0. The minimum Gasteiger partial charge on any atom is -0.481 e. The van der Waals surface area contributed by atoms with Crippen LogP contribution < -0.4 is 0 Å². The van der Waals surface area contributed by atoms with Crippen LogP contribution >= 0.6 is 12.4 Å². The van der Waals surface area contributed by atoms with E-state index >= 15 is 0 Å². The predicted octanol–water partition coefficient (Wildman–Crippen LogP) is -1.86. The molecule has 0 saturated heterocycles.